The number of nitrogens with two attached hydrogens (primary N) is 1. The molecule has 0 aromatic rings. The van der Waals surface area contributed by atoms with E-state index in [0.717, 1.165) is 6.42 Å². The molecule has 2 unspecified atom stereocenters. The van der Waals surface area contributed by atoms with Crippen molar-refractivity contribution in [3.05, 3.63) is 0 Å². The van der Waals surface area contributed by atoms with Gasteiger partial charge in [-0.3, -0.25) is 9.59 Å². The number of carbonyl (C=O) groups is 2. The van der Waals surface area contributed by atoms with Crippen molar-refractivity contribution < 1.29 is 19.4 Å². The minimum Gasteiger partial charge on any atom is -0.481 e. The molecular formula is C12H22N2O4. The molecule has 1 aliphatic heterocycles. The van der Waals surface area contributed by atoms with Crippen LogP contribution in [-0.4, -0.2) is 54.2 Å². The number of hydrogen-bond donors (Lipinski definition) is 2. The van der Waals surface area contributed by atoms with Gasteiger partial charge in [-0.05, 0) is 12.5 Å². The molecule has 18 heavy (non-hydrogen) atoms. The molecule has 0 aliphatic carbocycles. The molecule has 1 saturated heterocycles. The number of morpholine rings is 1. The average molecular weight is 258 g/mol. The fourth-order valence-electron chi connectivity index (χ4n) is 2.11. The van der Waals surface area contributed by atoms with Gasteiger partial charge in [-0.2, -0.15) is 0 Å². The smallest absolute Gasteiger partial charge is 0.305 e. The first kappa shape index (κ1) is 14.9. The number of hydrogen-bond acceptors (Lipinski definition) is 4. The van der Waals surface area contributed by atoms with E-state index in [9.17, 15) is 9.59 Å². The Morgan fingerprint density at radius 2 is 2.28 bits per heavy atom. The van der Waals surface area contributed by atoms with Crippen LogP contribution >= 0.6 is 0 Å². The Morgan fingerprint density at radius 1 is 1.56 bits per heavy atom. The first-order valence-corrected chi connectivity index (χ1v) is 6.37. The highest BCUT2D eigenvalue weighted by atomic mass is 16.5. The molecule has 1 aliphatic rings. The Hall–Kier alpha value is -1.14. The predicted molar refractivity (Wildman–Crippen MR) is 66.0 cm³/mol. The van der Waals surface area contributed by atoms with Crippen molar-refractivity contribution in [2.45, 2.75) is 32.2 Å². The summed E-state index contributed by atoms with van der Waals surface area (Å²) < 4.78 is 5.24. The summed E-state index contributed by atoms with van der Waals surface area (Å²) in [5.41, 5.74) is 5.59. The number of ether oxygens (including phenoxy) is 1. The third kappa shape index (κ3) is 4.27. The molecule has 104 valence electrons. The fraction of sp³-hybridized carbons (Fsp3) is 0.833. The Labute approximate surface area is 107 Å². The molecule has 0 aromatic carbocycles. The molecule has 1 amide bonds. The number of carboxylic acids is 1. The highest BCUT2D eigenvalue weighted by Gasteiger charge is 2.29. The summed E-state index contributed by atoms with van der Waals surface area (Å²) in [5, 5.41) is 8.83. The second-order valence-electron chi connectivity index (χ2n) is 4.63. The van der Waals surface area contributed by atoms with Crippen LogP contribution in [0.15, 0.2) is 0 Å². The Kier molecular flexibility index (Phi) is 6.07. The molecule has 0 radical (unpaired) electrons. The minimum absolute atomic E-state index is 0.0122. The number of carbonyl (C=O) groups excluding carboxylic acids is 1. The zero-order valence-electron chi connectivity index (χ0n) is 10.8. The Balaban J connectivity index is 2.59. The number of carboxylic acid groups (broad SMARTS) is 1. The SMILES string of the molecule is CCC(CN)CC(=O)N1CCOCC1CC(=O)O. The van der Waals surface area contributed by atoms with E-state index >= 15 is 0 Å². The van der Waals surface area contributed by atoms with Crippen LogP contribution in [0.4, 0.5) is 0 Å². The lowest BCUT2D eigenvalue weighted by Gasteiger charge is -2.35. The highest BCUT2D eigenvalue weighted by molar-refractivity contribution is 5.78. The van der Waals surface area contributed by atoms with E-state index in [4.69, 9.17) is 15.6 Å². The average Bonchev–Trinajstić information content (AvgIpc) is 2.35. The van der Waals surface area contributed by atoms with Gasteiger partial charge in [0.05, 0.1) is 25.7 Å². The molecule has 6 nitrogen and oxygen atoms in total. The van der Waals surface area contributed by atoms with Gasteiger partial charge in [-0.1, -0.05) is 13.3 Å². The number of nitrogens with zero attached hydrogens (tertiary/aromatic N) is 1. The monoisotopic (exact) mass is 258 g/mol. The lowest BCUT2D eigenvalue weighted by molar-refractivity contribution is -0.146. The van der Waals surface area contributed by atoms with Crippen LogP contribution in [0, 0.1) is 5.92 Å². The topological polar surface area (TPSA) is 92.9 Å². The predicted octanol–water partition coefficient (Wildman–Crippen LogP) is 0.0635. The zero-order chi connectivity index (χ0) is 13.5. The summed E-state index contributed by atoms with van der Waals surface area (Å²) in [6.07, 6.45) is 1.18. The molecule has 2 atom stereocenters. The third-order valence-electron chi connectivity index (χ3n) is 3.33. The standard InChI is InChI=1S/C12H22N2O4/c1-2-9(7-13)5-11(15)14-3-4-18-8-10(14)6-12(16)17/h9-10H,2-8,13H2,1H3,(H,16,17). The molecular weight excluding hydrogens is 236 g/mol. The normalized spacial score (nSPS) is 21.7. The van der Waals surface area contributed by atoms with Crippen molar-refractivity contribution in [2.75, 3.05) is 26.3 Å². The van der Waals surface area contributed by atoms with E-state index in [1.54, 1.807) is 4.90 Å². The molecule has 0 aromatic heterocycles. The quantitative estimate of drug-likeness (QED) is 0.703. The molecule has 0 saturated carbocycles. The summed E-state index contributed by atoms with van der Waals surface area (Å²) in [7, 11) is 0. The number of rotatable bonds is 6. The maximum Gasteiger partial charge on any atom is 0.305 e. The van der Waals surface area contributed by atoms with Gasteiger partial charge >= 0.3 is 5.97 Å². The Morgan fingerprint density at radius 3 is 2.83 bits per heavy atom. The second kappa shape index (κ2) is 7.33. The maximum atomic E-state index is 12.1. The van der Waals surface area contributed by atoms with Crippen LogP contribution in [0.1, 0.15) is 26.2 Å². The first-order chi connectivity index (χ1) is 8.58. The Bertz CT molecular complexity index is 292. The van der Waals surface area contributed by atoms with Crippen LogP contribution in [0.2, 0.25) is 0 Å². The summed E-state index contributed by atoms with van der Waals surface area (Å²) in [6, 6.07) is -0.348. The number of amides is 1. The van der Waals surface area contributed by atoms with E-state index in [1.807, 2.05) is 6.92 Å². The van der Waals surface area contributed by atoms with E-state index in [-0.39, 0.29) is 24.3 Å². The van der Waals surface area contributed by atoms with Crippen LogP contribution in [-0.2, 0) is 14.3 Å². The molecule has 3 N–H and O–H groups in total. The molecule has 1 fully saturated rings. The summed E-state index contributed by atoms with van der Waals surface area (Å²) in [4.78, 5) is 24.5. The zero-order valence-corrected chi connectivity index (χ0v) is 10.8. The van der Waals surface area contributed by atoms with Gasteiger partial charge in [0.1, 0.15) is 0 Å². The van der Waals surface area contributed by atoms with Crippen LogP contribution in [0.25, 0.3) is 0 Å². The van der Waals surface area contributed by atoms with E-state index in [2.05, 4.69) is 0 Å². The van der Waals surface area contributed by atoms with E-state index in [0.29, 0.717) is 32.7 Å². The van der Waals surface area contributed by atoms with Crippen LogP contribution in [0.3, 0.4) is 0 Å². The molecule has 6 heteroatoms. The molecule has 1 heterocycles. The van der Waals surface area contributed by atoms with Crippen molar-refractivity contribution in [1.82, 2.24) is 4.90 Å². The van der Waals surface area contributed by atoms with E-state index in [1.165, 1.54) is 0 Å². The van der Waals surface area contributed by atoms with Crippen LogP contribution < -0.4 is 5.73 Å². The van der Waals surface area contributed by atoms with Gasteiger partial charge in [0.2, 0.25) is 5.91 Å². The highest BCUT2D eigenvalue weighted by Crippen LogP contribution is 2.16. The molecule has 0 spiro atoms. The summed E-state index contributed by atoms with van der Waals surface area (Å²) in [5.74, 6) is -0.748. The van der Waals surface area contributed by atoms with Crippen molar-refractivity contribution in [2.24, 2.45) is 11.7 Å². The lowest BCUT2D eigenvalue weighted by Crippen LogP contribution is -2.50. The molecule has 0 bridgehead atoms. The second-order valence-corrected chi connectivity index (χ2v) is 4.63. The largest absolute Gasteiger partial charge is 0.481 e. The van der Waals surface area contributed by atoms with Gasteiger partial charge in [-0.25, -0.2) is 0 Å². The minimum atomic E-state index is -0.908. The fourth-order valence-corrected chi connectivity index (χ4v) is 2.11. The van der Waals surface area contributed by atoms with Gasteiger partial charge in [0.25, 0.3) is 0 Å². The van der Waals surface area contributed by atoms with Crippen LogP contribution in [0.5, 0.6) is 0 Å². The summed E-state index contributed by atoms with van der Waals surface area (Å²) in [6.45, 7) is 3.73. The van der Waals surface area contributed by atoms with Crippen molar-refractivity contribution in [3.63, 3.8) is 0 Å². The molecule has 1 rings (SSSR count). The van der Waals surface area contributed by atoms with Gasteiger partial charge < -0.3 is 20.5 Å². The summed E-state index contributed by atoms with van der Waals surface area (Å²) >= 11 is 0. The maximum absolute atomic E-state index is 12.1. The first-order valence-electron chi connectivity index (χ1n) is 6.37. The van der Waals surface area contributed by atoms with Gasteiger partial charge in [-0.15, -0.1) is 0 Å². The van der Waals surface area contributed by atoms with Crippen molar-refractivity contribution in [1.29, 1.82) is 0 Å². The van der Waals surface area contributed by atoms with Crippen molar-refractivity contribution >= 4 is 11.9 Å². The van der Waals surface area contributed by atoms with E-state index < -0.39 is 5.97 Å². The number of aliphatic carboxylic acids is 1. The third-order valence-corrected chi connectivity index (χ3v) is 3.33. The van der Waals surface area contributed by atoms with Gasteiger partial charge in [0, 0.05) is 13.0 Å². The lowest BCUT2D eigenvalue weighted by atomic mass is 10.0. The van der Waals surface area contributed by atoms with Crippen molar-refractivity contribution in [3.8, 4) is 0 Å². The van der Waals surface area contributed by atoms with Gasteiger partial charge in [0.15, 0.2) is 0 Å².